The van der Waals surface area contributed by atoms with Crippen molar-refractivity contribution in [2.24, 2.45) is 0 Å². The Balaban J connectivity index is 2.22. The Morgan fingerprint density at radius 3 is 3.00 bits per heavy atom. The summed E-state index contributed by atoms with van der Waals surface area (Å²) in [5, 5.41) is 5.67. The zero-order chi connectivity index (χ0) is 5.11. The van der Waals surface area contributed by atoms with E-state index in [-0.39, 0.29) is 0 Å². The van der Waals surface area contributed by atoms with Crippen LogP contribution in [0.5, 0.6) is 0 Å². The molecule has 0 spiro atoms. The van der Waals surface area contributed by atoms with E-state index in [2.05, 4.69) is 17.9 Å². The Labute approximate surface area is 53.0 Å². The molecule has 0 fully saturated rings. The molecule has 0 saturated heterocycles. The Kier molecular flexibility index (Phi) is 1.94. The Bertz CT molecular complexity index is 73.8. The molecule has 1 heterocycles. The highest BCUT2D eigenvalue weighted by atomic mass is 32.2. The Morgan fingerprint density at radius 1 is 1.86 bits per heavy atom. The predicted molar refractivity (Wildman–Crippen MR) is 37.5 cm³/mol. The summed E-state index contributed by atoms with van der Waals surface area (Å²) in [5.41, 5.74) is 0. The van der Waals surface area contributed by atoms with E-state index in [1.807, 2.05) is 11.6 Å². The van der Waals surface area contributed by atoms with Gasteiger partial charge in [0, 0.05) is 12.0 Å². The molecule has 0 aromatic rings. The molecule has 1 unspecified atom stereocenters. The monoisotopic (exact) mass is 133 g/mol. The summed E-state index contributed by atoms with van der Waals surface area (Å²) in [7, 11) is 0. The van der Waals surface area contributed by atoms with Crippen LogP contribution in [0, 0.1) is 0 Å². The lowest BCUT2D eigenvalue weighted by atomic mass is 10.7. The first-order chi connectivity index (χ1) is 3.43. The fourth-order valence-electron chi connectivity index (χ4n) is 0.416. The van der Waals surface area contributed by atoms with E-state index in [0.717, 1.165) is 5.75 Å². The zero-order valence-corrected chi connectivity index (χ0v) is 5.51. The molecule has 1 aliphatic heterocycles. The van der Waals surface area contributed by atoms with Crippen LogP contribution in [0.2, 0.25) is 0 Å². The maximum atomic E-state index is 4.09. The van der Waals surface area contributed by atoms with Gasteiger partial charge in [0.05, 0.1) is 5.37 Å². The summed E-state index contributed by atoms with van der Waals surface area (Å²) in [5.74, 6) is 0.900. The smallest absolute Gasteiger partial charge is 0.0847 e. The topological polar surface area (TPSA) is 12.0 Å². The third-order valence-electron chi connectivity index (χ3n) is 0.759. The number of thioether (sulfide) groups is 1. The molecule has 0 bridgehead atoms. The van der Waals surface area contributed by atoms with Crippen LogP contribution in [0.15, 0.2) is 11.6 Å². The summed E-state index contributed by atoms with van der Waals surface area (Å²) in [6.45, 7) is 0. The summed E-state index contributed by atoms with van der Waals surface area (Å²) < 4.78 is 0. The van der Waals surface area contributed by atoms with E-state index in [1.54, 1.807) is 11.8 Å². The van der Waals surface area contributed by atoms with Crippen molar-refractivity contribution in [3.63, 3.8) is 0 Å². The average Bonchev–Trinajstić information content (AvgIpc) is 2.14. The van der Waals surface area contributed by atoms with Crippen molar-refractivity contribution in [1.82, 2.24) is 5.32 Å². The van der Waals surface area contributed by atoms with Crippen LogP contribution in [0.25, 0.3) is 0 Å². The molecule has 1 aliphatic rings. The minimum absolute atomic E-state index is 0.517. The highest BCUT2D eigenvalue weighted by molar-refractivity contribution is 8.03. The molecule has 0 aromatic carbocycles. The van der Waals surface area contributed by atoms with Gasteiger partial charge in [0.15, 0.2) is 0 Å². The molecule has 0 aromatic heterocycles. The quantitative estimate of drug-likeness (QED) is 0.519. The van der Waals surface area contributed by atoms with Crippen molar-refractivity contribution in [2.45, 2.75) is 5.37 Å². The number of thiol groups is 1. The first-order valence-corrected chi connectivity index (χ1v) is 3.68. The zero-order valence-electron chi connectivity index (χ0n) is 3.79. The number of nitrogens with one attached hydrogen (secondary N) is 1. The standard InChI is InChI=1S/C4H7NS2/c6-3-4-5-1-2-7-4/h1-2,4-6H,3H2. The summed E-state index contributed by atoms with van der Waals surface area (Å²) >= 11 is 5.87. The van der Waals surface area contributed by atoms with Gasteiger partial charge < -0.3 is 5.32 Å². The third-order valence-corrected chi connectivity index (χ3v) is 2.30. The normalized spacial score (nSPS) is 27.9. The fourth-order valence-corrected chi connectivity index (χ4v) is 1.37. The lowest BCUT2D eigenvalue weighted by Crippen LogP contribution is -2.16. The molecule has 40 valence electrons. The maximum absolute atomic E-state index is 4.09. The van der Waals surface area contributed by atoms with E-state index in [1.165, 1.54) is 0 Å². The Hall–Kier alpha value is 0.240. The minimum atomic E-state index is 0.517. The second-order valence-corrected chi connectivity index (χ2v) is 2.76. The van der Waals surface area contributed by atoms with Crippen LogP contribution in [-0.4, -0.2) is 11.1 Å². The van der Waals surface area contributed by atoms with Crippen LogP contribution >= 0.6 is 24.4 Å². The van der Waals surface area contributed by atoms with Crippen LogP contribution in [0.3, 0.4) is 0 Å². The SMILES string of the molecule is SCC1NC=CS1. The summed E-state index contributed by atoms with van der Waals surface area (Å²) in [4.78, 5) is 0. The highest BCUT2D eigenvalue weighted by Crippen LogP contribution is 2.15. The molecule has 0 radical (unpaired) electrons. The summed E-state index contributed by atoms with van der Waals surface area (Å²) in [6, 6.07) is 0. The van der Waals surface area contributed by atoms with Crippen molar-refractivity contribution < 1.29 is 0 Å². The van der Waals surface area contributed by atoms with Gasteiger partial charge in [0.1, 0.15) is 0 Å². The number of rotatable bonds is 1. The van der Waals surface area contributed by atoms with Gasteiger partial charge in [-0.2, -0.15) is 12.6 Å². The molecular weight excluding hydrogens is 126 g/mol. The van der Waals surface area contributed by atoms with Crippen LogP contribution in [0.1, 0.15) is 0 Å². The van der Waals surface area contributed by atoms with Gasteiger partial charge in [0.25, 0.3) is 0 Å². The van der Waals surface area contributed by atoms with Crippen molar-refractivity contribution >= 4 is 24.4 Å². The maximum Gasteiger partial charge on any atom is 0.0847 e. The molecule has 1 atom stereocenters. The van der Waals surface area contributed by atoms with Gasteiger partial charge in [-0.15, -0.1) is 11.8 Å². The average molecular weight is 133 g/mol. The van der Waals surface area contributed by atoms with Crippen molar-refractivity contribution in [3.05, 3.63) is 11.6 Å². The van der Waals surface area contributed by atoms with Gasteiger partial charge >= 0.3 is 0 Å². The van der Waals surface area contributed by atoms with Crippen molar-refractivity contribution in [3.8, 4) is 0 Å². The lowest BCUT2D eigenvalue weighted by Gasteiger charge is -2.02. The van der Waals surface area contributed by atoms with E-state index in [0.29, 0.717) is 5.37 Å². The molecule has 3 heteroatoms. The fraction of sp³-hybridized carbons (Fsp3) is 0.500. The largest absolute Gasteiger partial charge is 0.378 e. The van der Waals surface area contributed by atoms with Crippen LogP contribution < -0.4 is 5.32 Å². The first-order valence-electron chi connectivity index (χ1n) is 2.11. The number of hydrogen-bond donors (Lipinski definition) is 2. The van der Waals surface area contributed by atoms with E-state index in [9.17, 15) is 0 Å². The Morgan fingerprint density at radius 2 is 2.71 bits per heavy atom. The van der Waals surface area contributed by atoms with E-state index in [4.69, 9.17) is 0 Å². The van der Waals surface area contributed by atoms with Gasteiger partial charge in [-0.1, -0.05) is 0 Å². The molecule has 1 rings (SSSR count). The molecule has 7 heavy (non-hydrogen) atoms. The van der Waals surface area contributed by atoms with Crippen molar-refractivity contribution in [1.29, 1.82) is 0 Å². The molecule has 0 amide bonds. The molecule has 0 aliphatic carbocycles. The first kappa shape index (κ1) is 5.38. The van der Waals surface area contributed by atoms with Crippen LogP contribution in [-0.2, 0) is 0 Å². The molecule has 1 N–H and O–H groups in total. The van der Waals surface area contributed by atoms with Crippen LogP contribution in [0.4, 0.5) is 0 Å². The summed E-state index contributed by atoms with van der Waals surface area (Å²) in [6.07, 6.45) is 1.95. The van der Waals surface area contributed by atoms with E-state index >= 15 is 0 Å². The number of hydrogen-bond acceptors (Lipinski definition) is 3. The van der Waals surface area contributed by atoms with Crippen molar-refractivity contribution in [2.75, 3.05) is 5.75 Å². The second kappa shape index (κ2) is 2.52. The minimum Gasteiger partial charge on any atom is -0.378 e. The van der Waals surface area contributed by atoms with Gasteiger partial charge in [0.2, 0.25) is 0 Å². The van der Waals surface area contributed by atoms with E-state index < -0.39 is 0 Å². The van der Waals surface area contributed by atoms with Gasteiger partial charge in [-0.3, -0.25) is 0 Å². The lowest BCUT2D eigenvalue weighted by molar-refractivity contribution is 0.887. The molecule has 0 saturated carbocycles. The molecular formula is C4H7NS2. The van der Waals surface area contributed by atoms with Gasteiger partial charge in [-0.05, 0) is 5.41 Å². The predicted octanol–water partition coefficient (Wildman–Crippen LogP) is 1.05. The third kappa shape index (κ3) is 1.31. The second-order valence-electron chi connectivity index (χ2n) is 1.28. The highest BCUT2D eigenvalue weighted by Gasteiger charge is 2.04. The molecule has 1 nitrogen and oxygen atoms in total. The van der Waals surface area contributed by atoms with Gasteiger partial charge in [-0.25, -0.2) is 0 Å².